The standard InChI is InChI=1S/C17H20N2O3S/c1-12-9-15(18-22-12)16-7-4-8-19(16)17(20)11-23-14-6-3-5-13(10-14)21-2/h3,5-6,9-10,16H,4,7-8,11H2,1-2H3. The van der Waals surface area contributed by atoms with E-state index in [9.17, 15) is 4.79 Å². The molecule has 23 heavy (non-hydrogen) atoms. The Kier molecular flexibility index (Phi) is 4.91. The van der Waals surface area contributed by atoms with Crippen molar-refractivity contribution in [1.29, 1.82) is 0 Å². The fourth-order valence-electron chi connectivity index (χ4n) is 2.83. The zero-order valence-corrected chi connectivity index (χ0v) is 14.1. The van der Waals surface area contributed by atoms with Crippen LogP contribution in [-0.4, -0.2) is 35.4 Å². The van der Waals surface area contributed by atoms with Gasteiger partial charge in [0.1, 0.15) is 17.2 Å². The van der Waals surface area contributed by atoms with Gasteiger partial charge in [0.25, 0.3) is 0 Å². The van der Waals surface area contributed by atoms with Crippen molar-refractivity contribution in [3.63, 3.8) is 0 Å². The summed E-state index contributed by atoms with van der Waals surface area (Å²) in [7, 11) is 1.64. The normalized spacial score (nSPS) is 17.5. The lowest BCUT2D eigenvalue weighted by atomic mass is 10.1. The van der Waals surface area contributed by atoms with E-state index in [0.717, 1.165) is 41.5 Å². The number of carbonyl (C=O) groups is 1. The van der Waals surface area contributed by atoms with Gasteiger partial charge < -0.3 is 14.2 Å². The second kappa shape index (κ2) is 7.08. The Labute approximate surface area is 140 Å². The SMILES string of the molecule is COc1cccc(SCC(=O)N2CCCC2c2cc(C)on2)c1. The number of hydrogen-bond donors (Lipinski definition) is 0. The van der Waals surface area contributed by atoms with Crippen LogP contribution in [0.1, 0.15) is 30.3 Å². The summed E-state index contributed by atoms with van der Waals surface area (Å²) in [4.78, 5) is 15.5. The van der Waals surface area contributed by atoms with Gasteiger partial charge in [-0.3, -0.25) is 4.79 Å². The molecule has 1 atom stereocenters. The van der Waals surface area contributed by atoms with Crippen LogP contribution in [0.4, 0.5) is 0 Å². The molecule has 0 spiro atoms. The van der Waals surface area contributed by atoms with Gasteiger partial charge in [-0.15, -0.1) is 11.8 Å². The number of nitrogens with zero attached hydrogens (tertiary/aromatic N) is 2. The van der Waals surface area contributed by atoms with Gasteiger partial charge in [0, 0.05) is 17.5 Å². The van der Waals surface area contributed by atoms with E-state index in [4.69, 9.17) is 9.26 Å². The van der Waals surface area contributed by atoms with Crippen molar-refractivity contribution in [3.8, 4) is 5.75 Å². The van der Waals surface area contributed by atoms with Crippen LogP contribution in [0.15, 0.2) is 39.8 Å². The molecule has 1 aromatic heterocycles. The largest absolute Gasteiger partial charge is 0.497 e. The summed E-state index contributed by atoms with van der Waals surface area (Å²) in [6.45, 7) is 2.66. The maximum atomic E-state index is 12.6. The molecular weight excluding hydrogens is 312 g/mol. The van der Waals surface area contributed by atoms with Gasteiger partial charge in [-0.1, -0.05) is 11.2 Å². The molecule has 0 saturated carbocycles. The highest BCUT2D eigenvalue weighted by atomic mass is 32.2. The third-order valence-electron chi connectivity index (χ3n) is 3.96. The first-order chi connectivity index (χ1) is 11.2. The first-order valence-corrected chi connectivity index (χ1v) is 8.65. The smallest absolute Gasteiger partial charge is 0.233 e. The average Bonchev–Trinajstić information content (AvgIpc) is 3.21. The van der Waals surface area contributed by atoms with Gasteiger partial charge in [-0.2, -0.15) is 0 Å². The van der Waals surface area contributed by atoms with Gasteiger partial charge in [0.15, 0.2) is 0 Å². The minimum absolute atomic E-state index is 0.0471. The van der Waals surface area contributed by atoms with Gasteiger partial charge in [0.2, 0.25) is 5.91 Å². The molecular formula is C17H20N2O3S. The number of carbonyl (C=O) groups excluding carboxylic acids is 1. The fourth-order valence-corrected chi connectivity index (χ4v) is 3.66. The Morgan fingerprint density at radius 3 is 3.09 bits per heavy atom. The molecule has 5 nitrogen and oxygen atoms in total. The number of likely N-dealkylation sites (tertiary alicyclic amines) is 1. The average molecular weight is 332 g/mol. The molecule has 3 rings (SSSR count). The number of rotatable bonds is 5. The van der Waals surface area contributed by atoms with E-state index in [1.807, 2.05) is 42.2 Å². The summed E-state index contributed by atoms with van der Waals surface area (Å²) < 4.78 is 10.4. The molecule has 0 radical (unpaired) electrons. The molecule has 1 aliphatic rings. The molecule has 0 aliphatic carbocycles. The zero-order chi connectivity index (χ0) is 16.2. The van der Waals surface area contributed by atoms with Crippen molar-refractivity contribution in [3.05, 3.63) is 41.8 Å². The number of ether oxygens (including phenoxy) is 1. The Morgan fingerprint density at radius 2 is 2.35 bits per heavy atom. The van der Waals surface area contributed by atoms with Crippen LogP contribution < -0.4 is 4.74 Å². The third-order valence-corrected chi connectivity index (χ3v) is 4.94. The number of aryl methyl sites for hydroxylation is 1. The van der Waals surface area contributed by atoms with Crippen LogP contribution in [0, 0.1) is 6.92 Å². The van der Waals surface area contributed by atoms with Crippen molar-refractivity contribution in [2.24, 2.45) is 0 Å². The number of thioether (sulfide) groups is 1. The molecule has 0 bridgehead atoms. The lowest BCUT2D eigenvalue weighted by Crippen LogP contribution is -2.32. The third kappa shape index (κ3) is 3.69. The van der Waals surface area contributed by atoms with Crippen LogP contribution in [0.5, 0.6) is 5.75 Å². The Balaban J connectivity index is 1.63. The van der Waals surface area contributed by atoms with Gasteiger partial charge in [-0.05, 0) is 38.0 Å². The van der Waals surface area contributed by atoms with Crippen LogP contribution in [0.2, 0.25) is 0 Å². The molecule has 0 N–H and O–H groups in total. The summed E-state index contributed by atoms with van der Waals surface area (Å²) >= 11 is 1.53. The summed E-state index contributed by atoms with van der Waals surface area (Å²) in [5.41, 5.74) is 0.861. The van der Waals surface area contributed by atoms with Gasteiger partial charge >= 0.3 is 0 Å². The van der Waals surface area contributed by atoms with Crippen LogP contribution >= 0.6 is 11.8 Å². The minimum Gasteiger partial charge on any atom is -0.497 e. The summed E-state index contributed by atoms with van der Waals surface area (Å²) in [5.74, 6) is 2.14. The maximum absolute atomic E-state index is 12.6. The van der Waals surface area contributed by atoms with E-state index < -0.39 is 0 Å². The highest BCUT2D eigenvalue weighted by molar-refractivity contribution is 8.00. The van der Waals surface area contributed by atoms with E-state index in [2.05, 4.69) is 5.16 Å². The Bertz CT molecular complexity index is 686. The zero-order valence-electron chi connectivity index (χ0n) is 13.3. The molecule has 6 heteroatoms. The van der Waals surface area contributed by atoms with Crippen molar-refractivity contribution in [2.45, 2.75) is 30.7 Å². The van der Waals surface area contributed by atoms with Crippen LogP contribution in [-0.2, 0) is 4.79 Å². The molecule has 2 aromatic rings. The second-order valence-corrected chi connectivity index (χ2v) is 6.62. The number of benzene rings is 1. The quantitative estimate of drug-likeness (QED) is 0.785. The highest BCUT2D eigenvalue weighted by Crippen LogP contribution is 2.32. The van der Waals surface area contributed by atoms with E-state index in [1.54, 1.807) is 7.11 Å². The van der Waals surface area contributed by atoms with Crippen LogP contribution in [0.3, 0.4) is 0 Å². The Morgan fingerprint density at radius 1 is 1.48 bits per heavy atom. The topological polar surface area (TPSA) is 55.6 Å². The molecule has 1 aliphatic heterocycles. The monoisotopic (exact) mass is 332 g/mol. The van der Waals surface area contributed by atoms with Crippen LogP contribution in [0.25, 0.3) is 0 Å². The van der Waals surface area contributed by atoms with E-state index >= 15 is 0 Å². The van der Waals surface area contributed by atoms with E-state index in [0.29, 0.717) is 5.75 Å². The number of aromatic nitrogens is 1. The molecule has 1 amide bonds. The maximum Gasteiger partial charge on any atom is 0.233 e. The minimum atomic E-state index is 0.0471. The lowest BCUT2D eigenvalue weighted by Gasteiger charge is -2.22. The Hall–Kier alpha value is -1.95. The van der Waals surface area contributed by atoms with Crippen molar-refractivity contribution in [2.75, 3.05) is 19.4 Å². The van der Waals surface area contributed by atoms with Crippen molar-refractivity contribution < 1.29 is 14.1 Å². The van der Waals surface area contributed by atoms with Gasteiger partial charge in [0.05, 0.1) is 18.9 Å². The molecule has 1 saturated heterocycles. The highest BCUT2D eigenvalue weighted by Gasteiger charge is 2.31. The van der Waals surface area contributed by atoms with E-state index in [1.165, 1.54) is 11.8 Å². The summed E-state index contributed by atoms with van der Waals surface area (Å²) in [6, 6.07) is 9.73. The second-order valence-electron chi connectivity index (χ2n) is 5.58. The predicted octanol–water partition coefficient (Wildman–Crippen LogP) is 3.45. The molecule has 1 aromatic carbocycles. The summed E-state index contributed by atoms with van der Waals surface area (Å²) in [6.07, 6.45) is 1.95. The fraction of sp³-hybridized carbons (Fsp3) is 0.412. The number of hydrogen-bond acceptors (Lipinski definition) is 5. The lowest BCUT2D eigenvalue weighted by molar-refractivity contribution is -0.129. The first-order valence-electron chi connectivity index (χ1n) is 7.67. The van der Waals surface area contributed by atoms with Crippen molar-refractivity contribution >= 4 is 17.7 Å². The van der Waals surface area contributed by atoms with E-state index in [-0.39, 0.29) is 11.9 Å². The molecule has 122 valence electrons. The number of amides is 1. The summed E-state index contributed by atoms with van der Waals surface area (Å²) in [5, 5.41) is 4.08. The van der Waals surface area contributed by atoms with Crippen molar-refractivity contribution in [1.82, 2.24) is 10.1 Å². The van der Waals surface area contributed by atoms with Gasteiger partial charge in [-0.25, -0.2) is 0 Å². The molecule has 1 fully saturated rings. The molecule has 2 heterocycles. The number of methoxy groups -OCH3 is 1. The first kappa shape index (κ1) is 15.9. The predicted molar refractivity (Wildman–Crippen MR) is 88.6 cm³/mol. The molecule has 1 unspecified atom stereocenters.